The Morgan fingerprint density at radius 1 is 1.29 bits per heavy atom. The summed E-state index contributed by atoms with van der Waals surface area (Å²) in [6, 6.07) is 0. The molecule has 3 N–H and O–H groups in total. The second-order valence-electron chi connectivity index (χ2n) is 2.64. The molecule has 0 heterocycles. The third kappa shape index (κ3) is 64.7. The van der Waals surface area contributed by atoms with E-state index in [2.05, 4.69) is 32.7 Å². The van der Waals surface area contributed by atoms with Gasteiger partial charge in [0, 0.05) is 0 Å². The number of rotatable bonds is 4. The van der Waals surface area contributed by atoms with Gasteiger partial charge in [-0.05, 0) is 6.08 Å². The van der Waals surface area contributed by atoms with Crippen LogP contribution in [0, 0.1) is 0 Å². The fourth-order valence-corrected chi connectivity index (χ4v) is 0.447. The number of carbonyl (C=O) groups is 1. The standard InChI is InChI=1S/C4H10.C3H5NO.C3H6O3S.Na.H/c1-3-4-2;1-2-3(4)5;1-2-3-7(4,5)6;;/h3-4H2,1-2H3;2H,1H2,(H2,4,5);2H,1,3H2,(H,4,5,6);;. The first kappa shape index (κ1) is 25.6. The minimum absolute atomic E-state index is 0. The molecule has 0 spiro atoms. The van der Waals surface area contributed by atoms with Gasteiger partial charge in [-0.3, -0.25) is 9.35 Å². The SMILES string of the molecule is C=CC(N)=O.C=CCS(=O)(=O)O.CCCC.[NaH]. The summed E-state index contributed by atoms with van der Waals surface area (Å²) in [5.74, 6) is -0.850. The monoisotopic (exact) mass is 275 g/mol. The number of carbonyl (C=O) groups excluding carboxylic acids is 1. The third-order valence-electron chi connectivity index (χ3n) is 1.03. The van der Waals surface area contributed by atoms with Crippen LogP contribution in [0.3, 0.4) is 0 Å². The maximum absolute atomic E-state index is 9.72. The Morgan fingerprint density at radius 3 is 1.59 bits per heavy atom. The van der Waals surface area contributed by atoms with Gasteiger partial charge >= 0.3 is 29.6 Å². The van der Waals surface area contributed by atoms with Crippen molar-refractivity contribution >= 4 is 45.6 Å². The molecule has 7 heteroatoms. The Labute approximate surface area is 126 Å². The molecular formula is C10H22NNaO4S. The first-order chi connectivity index (χ1) is 7.24. The number of nitrogens with two attached hydrogens (primary N) is 1. The van der Waals surface area contributed by atoms with E-state index < -0.39 is 16.0 Å². The van der Waals surface area contributed by atoms with Crippen LogP contribution in [0.4, 0.5) is 0 Å². The van der Waals surface area contributed by atoms with E-state index in [1.807, 2.05) is 0 Å². The molecule has 0 atom stereocenters. The molecule has 98 valence electrons. The van der Waals surface area contributed by atoms with Crippen LogP contribution in [-0.2, 0) is 14.9 Å². The molecule has 0 fully saturated rings. The molecule has 5 nitrogen and oxygen atoms in total. The first-order valence-electron chi connectivity index (χ1n) is 4.73. The van der Waals surface area contributed by atoms with Gasteiger partial charge in [0.2, 0.25) is 5.91 Å². The summed E-state index contributed by atoms with van der Waals surface area (Å²) in [6.07, 6.45) is 4.81. The zero-order valence-electron chi connectivity index (χ0n) is 9.85. The topological polar surface area (TPSA) is 97.5 Å². The van der Waals surface area contributed by atoms with Crippen molar-refractivity contribution in [2.75, 3.05) is 5.75 Å². The van der Waals surface area contributed by atoms with Gasteiger partial charge in [-0.1, -0.05) is 39.3 Å². The van der Waals surface area contributed by atoms with Crippen molar-refractivity contribution in [3.05, 3.63) is 25.3 Å². The number of unbranched alkanes of at least 4 members (excludes halogenated alkanes) is 1. The van der Waals surface area contributed by atoms with E-state index in [9.17, 15) is 13.2 Å². The molecule has 0 aromatic rings. The van der Waals surface area contributed by atoms with Gasteiger partial charge in [0.15, 0.2) is 0 Å². The molecule has 0 aromatic carbocycles. The molecule has 0 bridgehead atoms. The summed E-state index contributed by atoms with van der Waals surface area (Å²) in [5.41, 5.74) is 4.53. The average Bonchev–Trinajstić information content (AvgIpc) is 2.17. The molecule has 0 saturated heterocycles. The van der Waals surface area contributed by atoms with Crippen LogP contribution in [0.15, 0.2) is 25.3 Å². The molecule has 0 aliphatic rings. The maximum atomic E-state index is 9.72. The molecule has 0 unspecified atom stereocenters. The second kappa shape index (κ2) is 18.2. The third-order valence-corrected chi connectivity index (χ3v) is 1.69. The van der Waals surface area contributed by atoms with Crippen molar-refractivity contribution in [1.29, 1.82) is 0 Å². The quantitative estimate of drug-likeness (QED) is 0.344. The summed E-state index contributed by atoms with van der Waals surface area (Å²) in [7, 11) is -3.79. The molecule has 0 rings (SSSR count). The minimum atomic E-state index is -3.79. The second-order valence-corrected chi connectivity index (χ2v) is 4.14. The van der Waals surface area contributed by atoms with E-state index in [0.717, 1.165) is 12.2 Å². The van der Waals surface area contributed by atoms with Gasteiger partial charge in [-0.25, -0.2) is 0 Å². The average molecular weight is 275 g/mol. The van der Waals surface area contributed by atoms with Crippen molar-refractivity contribution in [1.82, 2.24) is 0 Å². The Balaban J connectivity index is -0.0000000757. The van der Waals surface area contributed by atoms with E-state index in [-0.39, 0.29) is 35.3 Å². The zero-order valence-corrected chi connectivity index (χ0v) is 10.7. The zero-order chi connectivity index (χ0) is 13.6. The first-order valence-corrected chi connectivity index (χ1v) is 6.33. The van der Waals surface area contributed by atoms with Crippen LogP contribution >= 0.6 is 0 Å². The molecule has 0 aliphatic heterocycles. The van der Waals surface area contributed by atoms with Crippen LogP contribution in [0.1, 0.15) is 26.7 Å². The van der Waals surface area contributed by atoms with Crippen molar-refractivity contribution in [3.8, 4) is 0 Å². The van der Waals surface area contributed by atoms with Gasteiger partial charge < -0.3 is 5.73 Å². The fraction of sp³-hybridized carbons (Fsp3) is 0.500. The van der Waals surface area contributed by atoms with Crippen LogP contribution in [0.5, 0.6) is 0 Å². The fourth-order valence-electron chi connectivity index (χ4n) is 0.149. The molecule has 17 heavy (non-hydrogen) atoms. The van der Waals surface area contributed by atoms with E-state index in [4.69, 9.17) is 4.55 Å². The molecule has 1 amide bonds. The predicted octanol–water partition coefficient (Wildman–Crippen LogP) is 0.876. The molecular weight excluding hydrogens is 253 g/mol. The van der Waals surface area contributed by atoms with E-state index in [0.29, 0.717) is 0 Å². The summed E-state index contributed by atoms with van der Waals surface area (Å²) >= 11 is 0. The van der Waals surface area contributed by atoms with E-state index in [1.54, 1.807) is 0 Å². The van der Waals surface area contributed by atoms with Crippen molar-refractivity contribution in [2.24, 2.45) is 5.73 Å². The normalized spacial score (nSPS) is 8.18. The Morgan fingerprint density at radius 2 is 1.59 bits per heavy atom. The summed E-state index contributed by atoms with van der Waals surface area (Å²) < 4.78 is 27.3. The van der Waals surface area contributed by atoms with Crippen LogP contribution < -0.4 is 5.73 Å². The Hall–Kier alpha value is -0.140. The number of hydrogen-bond acceptors (Lipinski definition) is 3. The van der Waals surface area contributed by atoms with Gasteiger partial charge in [-0.2, -0.15) is 8.42 Å². The molecule has 0 aromatic heterocycles. The van der Waals surface area contributed by atoms with Gasteiger partial charge in [-0.15, -0.1) is 6.58 Å². The molecule has 0 saturated carbocycles. The van der Waals surface area contributed by atoms with Crippen LogP contribution in [-0.4, -0.2) is 54.2 Å². The summed E-state index contributed by atoms with van der Waals surface area (Å²) in [4.78, 5) is 9.47. The van der Waals surface area contributed by atoms with Gasteiger partial charge in [0.25, 0.3) is 10.1 Å². The van der Waals surface area contributed by atoms with Gasteiger partial charge in [0.05, 0.1) is 5.75 Å². The van der Waals surface area contributed by atoms with Gasteiger partial charge in [0.1, 0.15) is 0 Å². The van der Waals surface area contributed by atoms with E-state index in [1.165, 1.54) is 12.8 Å². The molecule has 0 radical (unpaired) electrons. The number of amides is 1. The predicted molar refractivity (Wildman–Crippen MR) is 73.7 cm³/mol. The Bertz CT molecular complexity index is 287. The Kier molecular flexibility index (Phi) is 27.5. The van der Waals surface area contributed by atoms with Crippen molar-refractivity contribution in [2.45, 2.75) is 26.7 Å². The number of hydrogen-bond donors (Lipinski definition) is 2. The number of primary amides is 1. The molecule has 0 aliphatic carbocycles. The van der Waals surface area contributed by atoms with Crippen LogP contribution in [0.25, 0.3) is 0 Å². The summed E-state index contributed by atoms with van der Waals surface area (Å²) in [6.45, 7) is 10.6. The van der Waals surface area contributed by atoms with Crippen molar-refractivity contribution < 1.29 is 17.8 Å². The van der Waals surface area contributed by atoms with Crippen LogP contribution in [0.2, 0.25) is 0 Å². The van der Waals surface area contributed by atoms with Crippen molar-refractivity contribution in [3.63, 3.8) is 0 Å². The van der Waals surface area contributed by atoms with E-state index >= 15 is 0 Å². The summed E-state index contributed by atoms with van der Waals surface area (Å²) in [5, 5.41) is 0.